The van der Waals surface area contributed by atoms with Crippen LogP contribution in [0, 0.1) is 5.82 Å². The molecule has 0 N–H and O–H groups in total. The molecule has 0 radical (unpaired) electrons. The zero-order valence-corrected chi connectivity index (χ0v) is 13.1. The Labute approximate surface area is 126 Å². The second-order valence-electron chi connectivity index (χ2n) is 3.78. The van der Waals surface area contributed by atoms with Crippen LogP contribution in [0.1, 0.15) is 15.9 Å². The summed E-state index contributed by atoms with van der Waals surface area (Å²) < 4.78 is 19.9. The van der Waals surface area contributed by atoms with E-state index in [2.05, 4.69) is 31.9 Å². The van der Waals surface area contributed by atoms with E-state index < -0.39 is 11.6 Å². The Balaban J connectivity index is 2.53. The lowest BCUT2D eigenvalue weighted by Crippen LogP contribution is -2.06. The summed E-state index contributed by atoms with van der Waals surface area (Å²) in [6.07, 6.45) is 0. The van der Waals surface area contributed by atoms with Gasteiger partial charge in [0.25, 0.3) is 0 Å². The Morgan fingerprint density at radius 2 is 1.84 bits per heavy atom. The largest absolute Gasteiger partial charge is 0.497 e. The van der Waals surface area contributed by atoms with Crippen molar-refractivity contribution >= 4 is 37.6 Å². The maximum absolute atomic E-state index is 13.9. The molecule has 2 aromatic rings. The topological polar surface area (TPSA) is 26.3 Å². The average molecular weight is 388 g/mol. The Kier molecular flexibility index (Phi) is 4.37. The predicted molar refractivity (Wildman–Crippen MR) is 78.2 cm³/mol. The fourth-order valence-electron chi connectivity index (χ4n) is 1.63. The molecule has 0 bridgehead atoms. The van der Waals surface area contributed by atoms with Gasteiger partial charge in [0, 0.05) is 10.0 Å². The van der Waals surface area contributed by atoms with E-state index in [1.807, 2.05) is 0 Å². The summed E-state index contributed by atoms with van der Waals surface area (Å²) in [7, 11) is 1.51. The Morgan fingerprint density at radius 3 is 2.53 bits per heavy atom. The van der Waals surface area contributed by atoms with Crippen LogP contribution >= 0.6 is 31.9 Å². The molecule has 19 heavy (non-hydrogen) atoms. The predicted octanol–water partition coefficient (Wildman–Crippen LogP) is 4.59. The van der Waals surface area contributed by atoms with Crippen molar-refractivity contribution in [2.75, 3.05) is 7.11 Å². The Bertz CT molecular complexity index is 641. The third-order valence-corrected chi connectivity index (χ3v) is 3.92. The number of methoxy groups -OCH3 is 1. The zero-order chi connectivity index (χ0) is 14.0. The Hall–Kier alpha value is -1.20. The molecular weight excluding hydrogens is 379 g/mol. The highest BCUT2D eigenvalue weighted by molar-refractivity contribution is 9.10. The van der Waals surface area contributed by atoms with E-state index in [1.54, 1.807) is 30.3 Å². The van der Waals surface area contributed by atoms with Crippen molar-refractivity contribution in [2.24, 2.45) is 0 Å². The number of ether oxygens (including phenoxy) is 1. The Morgan fingerprint density at radius 1 is 1.11 bits per heavy atom. The molecule has 5 heteroatoms. The molecule has 0 aliphatic heterocycles. The normalized spacial score (nSPS) is 10.3. The molecule has 0 aliphatic rings. The minimum absolute atomic E-state index is 0.0170. The van der Waals surface area contributed by atoms with Crippen molar-refractivity contribution in [3.63, 3.8) is 0 Å². The van der Waals surface area contributed by atoms with Gasteiger partial charge in [-0.25, -0.2) is 4.39 Å². The molecule has 0 aliphatic carbocycles. The van der Waals surface area contributed by atoms with Gasteiger partial charge in [0.2, 0.25) is 0 Å². The molecule has 0 atom stereocenters. The van der Waals surface area contributed by atoms with Crippen molar-refractivity contribution in [1.29, 1.82) is 0 Å². The van der Waals surface area contributed by atoms with Crippen LogP contribution in [0.4, 0.5) is 4.39 Å². The summed E-state index contributed by atoms with van der Waals surface area (Å²) in [4.78, 5) is 12.4. The maximum atomic E-state index is 13.9. The van der Waals surface area contributed by atoms with E-state index in [0.717, 1.165) is 0 Å². The summed E-state index contributed by atoms with van der Waals surface area (Å²) in [5, 5.41) is 0. The summed E-state index contributed by atoms with van der Waals surface area (Å²) >= 11 is 6.36. The number of benzene rings is 2. The summed E-state index contributed by atoms with van der Waals surface area (Å²) in [5.41, 5.74) is 0.375. The van der Waals surface area contributed by atoms with Crippen molar-refractivity contribution in [3.8, 4) is 5.75 Å². The quantitative estimate of drug-likeness (QED) is 0.720. The fourth-order valence-corrected chi connectivity index (χ4v) is 2.42. The van der Waals surface area contributed by atoms with Gasteiger partial charge in [-0.3, -0.25) is 4.79 Å². The molecule has 0 unspecified atom stereocenters. The lowest BCUT2D eigenvalue weighted by Gasteiger charge is -2.08. The van der Waals surface area contributed by atoms with Crippen LogP contribution in [0.3, 0.4) is 0 Å². The van der Waals surface area contributed by atoms with Crippen LogP contribution in [-0.2, 0) is 0 Å². The van der Waals surface area contributed by atoms with Gasteiger partial charge < -0.3 is 4.74 Å². The van der Waals surface area contributed by atoms with Crippen molar-refractivity contribution < 1.29 is 13.9 Å². The first-order chi connectivity index (χ1) is 9.04. The van der Waals surface area contributed by atoms with E-state index in [4.69, 9.17) is 4.74 Å². The molecule has 0 fully saturated rings. The highest BCUT2D eigenvalue weighted by atomic mass is 79.9. The first-order valence-electron chi connectivity index (χ1n) is 5.37. The maximum Gasteiger partial charge on any atom is 0.197 e. The molecule has 0 spiro atoms. The van der Waals surface area contributed by atoms with Crippen molar-refractivity contribution in [1.82, 2.24) is 0 Å². The molecule has 0 aromatic heterocycles. The molecule has 0 saturated carbocycles. The molecule has 2 aromatic carbocycles. The van der Waals surface area contributed by atoms with Crippen LogP contribution in [-0.4, -0.2) is 12.9 Å². The number of hydrogen-bond acceptors (Lipinski definition) is 2. The lowest BCUT2D eigenvalue weighted by atomic mass is 10.0. The summed E-state index contributed by atoms with van der Waals surface area (Å²) in [5.74, 6) is -0.422. The SMILES string of the molecule is COc1ccc(Br)c(C(=O)c2cccc(Br)c2F)c1. The first-order valence-corrected chi connectivity index (χ1v) is 6.95. The highest BCUT2D eigenvalue weighted by Crippen LogP contribution is 2.27. The van der Waals surface area contributed by atoms with Crippen molar-refractivity contribution in [2.45, 2.75) is 0 Å². The minimum atomic E-state index is -0.567. The molecule has 2 nitrogen and oxygen atoms in total. The third kappa shape index (κ3) is 2.87. The lowest BCUT2D eigenvalue weighted by molar-refractivity contribution is 0.103. The molecule has 0 amide bonds. The third-order valence-electron chi connectivity index (χ3n) is 2.61. The summed E-state index contributed by atoms with van der Waals surface area (Å²) in [6, 6.07) is 9.61. The second kappa shape index (κ2) is 5.84. The average Bonchev–Trinajstić information content (AvgIpc) is 2.42. The molecule has 2 rings (SSSR count). The fraction of sp³-hybridized carbons (Fsp3) is 0.0714. The first kappa shape index (κ1) is 14.2. The van der Waals surface area contributed by atoms with E-state index in [9.17, 15) is 9.18 Å². The standard InChI is InChI=1S/C14H9Br2FO2/c1-19-8-5-6-11(15)10(7-8)14(18)9-3-2-4-12(16)13(9)17/h2-7H,1H3. The number of rotatable bonds is 3. The van der Waals surface area contributed by atoms with Gasteiger partial charge >= 0.3 is 0 Å². The van der Waals surface area contributed by atoms with Crippen LogP contribution in [0.25, 0.3) is 0 Å². The number of hydrogen-bond donors (Lipinski definition) is 0. The van der Waals surface area contributed by atoms with E-state index >= 15 is 0 Å². The van der Waals surface area contributed by atoms with Crippen LogP contribution in [0.15, 0.2) is 45.3 Å². The smallest absolute Gasteiger partial charge is 0.197 e. The second-order valence-corrected chi connectivity index (χ2v) is 5.48. The van der Waals surface area contributed by atoms with Gasteiger partial charge in [-0.2, -0.15) is 0 Å². The van der Waals surface area contributed by atoms with Gasteiger partial charge in [-0.1, -0.05) is 22.0 Å². The van der Waals surface area contributed by atoms with E-state index in [-0.39, 0.29) is 10.0 Å². The number of carbonyl (C=O) groups excluding carboxylic acids is 1. The molecule has 0 saturated heterocycles. The van der Waals surface area contributed by atoms with Crippen molar-refractivity contribution in [3.05, 3.63) is 62.3 Å². The van der Waals surface area contributed by atoms with E-state index in [1.165, 1.54) is 13.2 Å². The summed E-state index contributed by atoms with van der Waals surface area (Å²) in [6.45, 7) is 0. The number of carbonyl (C=O) groups is 1. The highest BCUT2D eigenvalue weighted by Gasteiger charge is 2.18. The minimum Gasteiger partial charge on any atom is -0.497 e. The number of ketones is 1. The van der Waals surface area contributed by atoms with Gasteiger partial charge in [0.05, 0.1) is 17.1 Å². The molecule has 98 valence electrons. The van der Waals surface area contributed by atoms with Crippen LogP contribution < -0.4 is 4.74 Å². The van der Waals surface area contributed by atoms with E-state index in [0.29, 0.717) is 15.8 Å². The zero-order valence-electron chi connectivity index (χ0n) is 9.91. The molecule has 0 heterocycles. The van der Waals surface area contributed by atoms with Gasteiger partial charge in [0.15, 0.2) is 5.78 Å². The van der Waals surface area contributed by atoms with Gasteiger partial charge in [-0.05, 0) is 46.3 Å². The van der Waals surface area contributed by atoms with Crippen LogP contribution in [0.2, 0.25) is 0 Å². The molecular formula is C14H9Br2FO2. The number of halogens is 3. The van der Waals surface area contributed by atoms with Crippen LogP contribution in [0.5, 0.6) is 5.75 Å². The monoisotopic (exact) mass is 386 g/mol. The van der Waals surface area contributed by atoms with Gasteiger partial charge in [0.1, 0.15) is 11.6 Å². The van der Waals surface area contributed by atoms with Gasteiger partial charge in [-0.15, -0.1) is 0 Å².